The first-order chi connectivity index (χ1) is 14.9. The third kappa shape index (κ3) is 5.48. The topological polar surface area (TPSA) is 67.2 Å². The van der Waals surface area contributed by atoms with E-state index < -0.39 is 0 Å². The molecule has 0 saturated carbocycles. The summed E-state index contributed by atoms with van der Waals surface area (Å²) in [6, 6.07) is 16.1. The van der Waals surface area contributed by atoms with Gasteiger partial charge in [-0.3, -0.25) is 19.5 Å². The molecule has 0 bridgehead atoms. The first kappa shape index (κ1) is 22.0. The summed E-state index contributed by atoms with van der Waals surface area (Å²) in [6.07, 6.45) is 3.85. The number of imidazole rings is 1. The van der Waals surface area contributed by atoms with Gasteiger partial charge in [0.05, 0.1) is 5.69 Å². The molecule has 160 valence electrons. The molecule has 0 saturated heterocycles. The number of carbonyl (C=O) groups is 2. The SMILES string of the molecule is C=CCN(CC(=O)Nc1nc(-c2ccc(C)cc2)cn1-c1ccc(C)cc1)C(=O)CC. The predicted molar refractivity (Wildman–Crippen MR) is 124 cm³/mol. The van der Waals surface area contributed by atoms with Gasteiger partial charge in [0.15, 0.2) is 0 Å². The average molecular weight is 417 g/mol. The van der Waals surface area contributed by atoms with Crippen molar-refractivity contribution < 1.29 is 9.59 Å². The van der Waals surface area contributed by atoms with Crippen molar-refractivity contribution in [3.63, 3.8) is 0 Å². The Kier molecular flexibility index (Phi) is 7.03. The molecule has 0 fully saturated rings. The Bertz CT molecular complexity index is 1070. The lowest BCUT2D eigenvalue weighted by atomic mass is 10.1. The molecule has 6 nitrogen and oxygen atoms in total. The highest BCUT2D eigenvalue weighted by Crippen LogP contribution is 2.25. The summed E-state index contributed by atoms with van der Waals surface area (Å²) in [6.45, 7) is 9.77. The van der Waals surface area contributed by atoms with Crippen LogP contribution in [0, 0.1) is 13.8 Å². The molecule has 0 aliphatic heterocycles. The number of hydrogen-bond donors (Lipinski definition) is 1. The van der Waals surface area contributed by atoms with Gasteiger partial charge in [-0.2, -0.15) is 0 Å². The maximum absolute atomic E-state index is 12.8. The second kappa shape index (κ2) is 9.89. The first-order valence-electron chi connectivity index (χ1n) is 10.3. The van der Waals surface area contributed by atoms with Crippen LogP contribution in [0.2, 0.25) is 0 Å². The van der Waals surface area contributed by atoms with Gasteiger partial charge < -0.3 is 4.90 Å². The summed E-state index contributed by atoms with van der Waals surface area (Å²) >= 11 is 0. The second-order valence-electron chi connectivity index (χ2n) is 7.49. The number of nitrogens with one attached hydrogen (secondary N) is 1. The van der Waals surface area contributed by atoms with E-state index in [0.29, 0.717) is 18.9 Å². The standard InChI is InChI=1S/C25H28N4O2/c1-5-15-28(24(31)6-2)17-23(30)27-25-26-22(20-11-7-18(3)8-12-20)16-29(25)21-13-9-19(4)10-14-21/h5,7-14,16H,1,6,15,17H2,2-4H3,(H,26,27,30). The highest BCUT2D eigenvalue weighted by atomic mass is 16.2. The quantitative estimate of drug-likeness (QED) is 0.549. The molecule has 2 aromatic carbocycles. The number of rotatable bonds is 8. The third-order valence-corrected chi connectivity index (χ3v) is 4.96. The molecule has 3 aromatic rings. The Morgan fingerprint density at radius 3 is 2.26 bits per heavy atom. The molecule has 0 radical (unpaired) electrons. The zero-order valence-corrected chi connectivity index (χ0v) is 18.3. The Morgan fingerprint density at radius 2 is 1.68 bits per heavy atom. The van der Waals surface area contributed by atoms with Crippen LogP contribution in [0.3, 0.4) is 0 Å². The summed E-state index contributed by atoms with van der Waals surface area (Å²) in [5, 5.41) is 2.88. The van der Waals surface area contributed by atoms with Crippen LogP contribution in [-0.2, 0) is 9.59 Å². The second-order valence-corrected chi connectivity index (χ2v) is 7.49. The summed E-state index contributed by atoms with van der Waals surface area (Å²) < 4.78 is 1.85. The molecule has 1 aromatic heterocycles. The normalized spacial score (nSPS) is 10.5. The van der Waals surface area contributed by atoms with Crippen LogP contribution in [0.1, 0.15) is 24.5 Å². The number of aryl methyl sites for hydroxylation is 2. The number of carbonyl (C=O) groups excluding carboxylic acids is 2. The Morgan fingerprint density at radius 1 is 1.06 bits per heavy atom. The van der Waals surface area contributed by atoms with Crippen LogP contribution in [0.25, 0.3) is 16.9 Å². The number of hydrogen-bond acceptors (Lipinski definition) is 3. The summed E-state index contributed by atoms with van der Waals surface area (Å²) in [7, 11) is 0. The molecule has 2 amide bonds. The number of aromatic nitrogens is 2. The summed E-state index contributed by atoms with van der Waals surface area (Å²) in [4.78, 5) is 31.0. The van der Waals surface area contributed by atoms with Gasteiger partial charge in [-0.05, 0) is 26.0 Å². The fourth-order valence-electron chi connectivity index (χ4n) is 3.21. The van der Waals surface area contributed by atoms with Crippen molar-refractivity contribution in [1.82, 2.24) is 14.5 Å². The zero-order chi connectivity index (χ0) is 22.4. The van der Waals surface area contributed by atoms with Gasteiger partial charge >= 0.3 is 0 Å². The van der Waals surface area contributed by atoms with Crippen molar-refractivity contribution in [3.05, 3.63) is 78.5 Å². The Hall–Kier alpha value is -3.67. The van der Waals surface area contributed by atoms with Crippen LogP contribution in [0.15, 0.2) is 67.4 Å². The minimum Gasteiger partial charge on any atom is -0.330 e. The van der Waals surface area contributed by atoms with Crippen LogP contribution in [-0.4, -0.2) is 39.4 Å². The molecule has 0 spiro atoms. The van der Waals surface area contributed by atoms with E-state index in [2.05, 4.69) is 16.9 Å². The van der Waals surface area contributed by atoms with E-state index in [9.17, 15) is 9.59 Å². The van der Waals surface area contributed by atoms with Gasteiger partial charge in [0.2, 0.25) is 17.8 Å². The fourth-order valence-corrected chi connectivity index (χ4v) is 3.21. The molecule has 1 N–H and O–H groups in total. The molecule has 3 rings (SSSR count). The molecule has 0 unspecified atom stereocenters. The van der Waals surface area contributed by atoms with Gasteiger partial charge in [-0.1, -0.05) is 60.5 Å². The number of amides is 2. The lowest BCUT2D eigenvalue weighted by Gasteiger charge is -2.19. The molecule has 0 aliphatic rings. The Labute approximate surface area is 183 Å². The number of nitrogens with zero attached hydrogens (tertiary/aromatic N) is 3. The van der Waals surface area contributed by atoms with E-state index in [0.717, 1.165) is 28.1 Å². The van der Waals surface area contributed by atoms with E-state index in [1.165, 1.54) is 4.90 Å². The lowest BCUT2D eigenvalue weighted by Crippen LogP contribution is -2.38. The van der Waals surface area contributed by atoms with Crippen molar-refractivity contribution in [2.24, 2.45) is 0 Å². The predicted octanol–water partition coefficient (Wildman–Crippen LogP) is 4.52. The summed E-state index contributed by atoms with van der Waals surface area (Å²) in [5.41, 5.74) is 4.91. The van der Waals surface area contributed by atoms with E-state index in [1.807, 2.05) is 73.1 Å². The van der Waals surface area contributed by atoms with Crippen molar-refractivity contribution >= 4 is 17.8 Å². The molecular weight excluding hydrogens is 388 g/mol. The summed E-state index contributed by atoms with van der Waals surface area (Å²) in [5.74, 6) is 0.00210. The highest BCUT2D eigenvalue weighted by molar-refractivity contribution is 5.93. The van der Waals surface area contributed by atoms with Gasteiger partial charge in [0.1, 0.15) is 6.54 Å². The monoisotopic (exact) mass is 416 g/mol. The van der Waals surface area contributed by atoms with Gasteiger partial charge in [0.25, 0.3) is 0 Å². The average Bonchev–Trinajstić information content (AvgIpc) is 3.17. The molecule has 1 heterocycles. The van der Waals surface area contributed by atoms with E-state index >= 15 is 0 Å². The van der Waals surface area contributed by atoms with E-state index in [4.69, 9.17) is 0 Å². The minimum atomic E-state index is -0.307. The zero-order valence-electron chi connectivity index (χ0n) is 18.3. The fraction of sp³-hybridized carbons (Fsp3) is 0.240. The van der Waals surface area contributed by atoms with Crippen LogP contribution in [0.4, 0.5) is 5.95 Å². The highest BCUT2D eigenvalue weighted by Gasteiger charge is 2.18. The Balaban J connectivity index is 1.92. The molecule has 0 atom stereocenters. The van der Waals surface area contributed by atoms with Crippen LogP contribution in [0.5, 0.6) is 0 Å². The molecule has 0 aliphatic carbocycles. The van der Waals surface area contributed by atoms with Gasteiger partial charge in [-0.15, -0.1) is 6.58 Å². The smallest absolute Gasteiger partial charge is 0.246 e. The van der Waals surface area contributed by atoms with Crippen molar-refractivity contribution in [2.75, 3.05) is 18.4 Å². The van der Waals surface area contributed by atoms with Gasteiger partial charge in [0, 0.05) is 30.4 Å². The number of benzene rings is 2. The molecule has 31 heavy (non-hydrogen) atoms. The molecular formula is C25H28N4O2. The van der Waals surface area contributed by atoms with Crippen molar-refractivity contribution in [2.45, 2.75) is 27.2 Å². The maximum atomic E-state index is 12.8. The van der Waals surface area contributed by atoms with E-state index in [1.54, 1.807) is 13.0 Å². The van der Waals surface area contributed by atoms with Crippen molar-refractivity contribution in [1.29, 1.82) is 0 Å². The minimum absolute atomic E-state index is 0.0562. The molecule has 6 heteroatoms. The van der Waals surface area contributed by atoms with Crippen LogP contribution < -0.4 is 5.32 Å². The van der Waals surface area contributed by atoms with Crippen LogP contribution >= 0.6 is 0 Å². The largest absolute Gasteiger partial charge is 0.330 e. The van der Waals surface area contributed by atoms with E-state index in [-0.39, 0.29) is 18.4 Å². The number of anilines is 1. The first-order valence-corrected chi connectivity index (χ1v) is 10.3. The lowest BCUT2D eigenvalue weighted by molar-refractivity contribution is -0.133. The van der Waals surface area contributed by atoms with Gasteiger partial charge in [-0.25, -0.2) is 4.98 Å². The van der Waals surface area contributed by atoms with Crippen molar-refractivity contribution in [3.8, 4) is 16.9 Å². The maximum Gasteiger partial charge on any atom is 0.246 e. The third-order valence-electron chi connectivity index (χ3n) is 4.96.